The Hall–Kier alpha value is -3.16. The maximum atomic E-state index is 11.7. The first-order valence-electron chi connectivity index (χ1n) is 5.97. The number of aliphatic carboxylic acids is 1. The molecule has 8 nitrogen and oxygen atoms in total. The van der Waals surface area contributed by atoms with E-state index in [9.17, 15) is 9.59 Å². The second kappa shape index (κ2) is 6.33. The average Bonchev–Trinajstić information content (AvgIpc) is 2.83. The van der Waals surface area contributed by atoms with Crippen molar-refractivity contribution in [2.45, 2.75) is 0 Å². The number of aryl methyl sites for hydroxylation is 1. The molecule has 0 saturated carbocycles. The number of nitrogens with one attached hydrogen (secondary N) is 2. The predicted molar refractivity (Wildman–Crippen MR) is 76.8 cm³/mol. The van der Waals surface area contributed by atoms with Gasteiger partial charge in [0.2, 0.25) is 5.95 Å². The molecule has 0 atom stereocenters. The Morgan fingerprint density at radius 1 is 1.24 bits per heavy atom. The number of carbonyl (C=O) groups is 2. The lowest BCUT2D eigenvalue weighted by Gasteiger charge is -2.06. The van der Waals surface area contributed by atoms with Gasteiger partial charge in [0.05, 0.1) is 0 Å². The zero-order valence-corrected chi connectivity index (χ0v) is 11.1. The largest absolute Gasteiger partial charge is 0.478 e. The van der Waals surface area contributed by atoms with Crippen LogP contribution < -0.4 is 10.6 Å². The molecule has 1 heterocycles. The molecular weight excluding hydrogens is 274 g/mol. The zero-order chi connectivity index (χ0) is 15.2. The topological polar surface area (TPSA) is 109 Å². The highest BCUT2D eigenvalue weighted by atomic mass is 16.4. The molecule has 21 heavy (non-hydrogen) atoms. The van der Waals surface area contributed by atoms with Crippen LogP contribution in [0.15, 0.2) is 36.7 Å². The number of carbonyl (C=O) groups excluding carboxylic acids is 1. The van der Waals surface area contributed by atoms with Crippen molar-refractivity contribution in [1.29, 1.82) is 0 Å². The van der Waals surface area contributed by atoms with Crippen LogP contribution in [0.2, 0.25) is 0 Å². The Balaban J connectivity index is 1.95. The Morgan fingerprint density at radius 3 is 2.52 bits per heavy atom. The van der Waals surface area contributed by atoms with Crippen molar-refractivity contribution in [3.8, 4) is 0 Å². The normalized spacial score (nSPS) is 10.5. The van der Waals surface area contributed by atoms with E-state index in [1.807, 2.05) is 0 Å². The van der Waals surface area contributed by atoms with E-state index in [4.69, 9.17) is 5.11 Å². The Labute approximate surface area is 120 Å². The van der Waals surface area contributed by atoms with Gasteiger partial charge in [0.25, 0.3) is 0 Å². The highest BCUT2D eigenvalue weighted by molar-refractivity contribution is 5.98. The van der Waals surface area contributed by atoms with Crippen LogP contribution in [0, 0.1) is 0 Å². The number of urea groups is 1. The molecule has 0 aliphatic carbocycles. The summed E-state index contributed by atoms with van der Waals surface area (Å²) >= 11 is 0. The van der Waals surface area contributed by atoms with Gasteiger partial charge >= 0.3 is 12.0 Å². The molecule has 0 radical (unpaired) electrons. The first-order valence-corrected chi connectivity index (χ1v) is 5.97. The number of hydrogen-bond donors (Lipinski definition) is 3. The van der Waals surface area contributed by atoms with Crippen molar-refractivity contribution in [3.63, 3.8) is 0 Å². The van der Waals surface area contributed by atoms with Crippen LogP contribution in [-0.2, 0) is 11.8 Å². The summed E-state index contributed by atoms with van der Waals surface area (Å²) in [7, 11) is 1.66. The van der Waals surface area contributed by atoms with Gasteiger partial charge in [0.15, 0.2) is 0 Å². The molecule has 0 bridgehead atoms. The summed E-state index contributed by atoms with van der Waals surface area (Å²) in [6, 6.07) is 6.27. The van der Waals surface area contributed by atoms with Crippen molar-refractivity contribution in [2.24, 2.45) is 7.05 Å². The van der Waals surface area contributed by atoms with Gasteiger partial charge in [-0.1, -0.05) is 12.1 Å². The fourth-order valence-corrected chi connectivity index (χ4v) is 1.52. The number of rotatable bonds is 4. The van der Waals surface area contributed by atoms with Crippen molar-refractivity contribution in [3.05, 3.63) is 42.2 Å². The quantitative estimate of drug-likeness (QED) is 0.739. The van der Waals surface area contributed by atoms with E-state index >= 15 is 0 Å². The van der Waals surface area contributed by atoms with Crippen LogP contribution in [-0.4, -0.2) is 31.9 Å². The molecule has 0 aliphatic heterocycles. The van der Waals surface area contributed by atoms with Gasteiger partial charge in [0, 0.05) is 18.8 Å². The van der Waals surface area contributed by atoms with Crippen LogP contribution in [0.25, 0.3) is 6.08 Å². The number of carboxylic acids is 1. The predicted octanol–water partition coefficient (Wildman–Crippen LogP) is 1.56. The number of anilines is 2. The maximum Gasteiger partial charge on any atom is 0.328 e. The van der Waals surface area contributed by atoms with Gasteiger partial charge in [-0.15, -0.1) is 0 Å². The van der Waals surface area contributed by atoms with Gasteiger partial charge < -0.3 is 10.4 Å². The molecule has 2 rings (SSSR count). The summed E-state index contributed by atoms with van der Waals surface area (Å²) in [4.78, 5) is 26.0. The maximum absolute atomic E-state index is 11.7. The number of carboxylic acid groups (broad SMARTS) is 1. The summed E-state index contributed by atoms with van der Waals surface area (Å²) in [5.41, 5.74) is 1.29. The summed E-state index contributed by atoms with van der Waals surface area (Å²) in [5, 5.41) is 17.5. The molecule has 1 aromatic heterocycles. The first kappa shape index (κ1) is 14.3. The monoisotopic (exact) mass is 287 g/mol. The molecule has 8 heteroatoms. The third kappa shape index (κ3) is 4.16. The van der Waals surface area contributed by atoms with Crippen LogP contribution in [0.3, 0.4) is 0 Å². The number of benzene rings is 1. The third-order valence-electron chi connectivity index (χ3n) is 2.52. The second-order valence-corrected chi connectivity index (χ2v) is 4.08. The highest BCUT2D eigenvalue weighted by Gasteiger charge is 2.06. The minimum Gasteiger partial charge on any atom is -0.478 e. The number of nitrogens with zero attached hydrogens (tertiary/aromatic N) is 3. The number of aromatic nitrogens is 3. The van der Waals surface area contributed by atoms with Crippen molar-refractivity contribution >= 4 is 29.7 Å². The molecule has 108 valence electrons. The van der Waals surface area contributed by atoms with Crippen LogP contribution in [0.4, 0.5) is 16.4 Å². The fourth-order valence-electron chi connectivity index (χ4n) is 1.52. The van der Waals surface area contributed by atoms with Crippen LogP contribution in [0.5, 0.6) is 0 Å². The highest BCUT2D eigenvalue weighted by Crippen LogP contribution is 2.11. The average molecular weight is 287 g/mol. The Bertz CT molecular complexity index is 675. The van der Waals surface area contributed by atoms with E-state index < -0.39 is 12.0 Å². The van der Waals surface area contributed by atoms with E-state index in [1.165, 1.54) is 17.1 Å². The zero-order valence-electron chi connectivity index (χ0n) is 11.1. The van der Waals surface area contributed by atoms with E-state index in [2.05, 4.69) is 20.7 Å². The van der Waals surface area contributed by atoms with Crippen molar-refractivity contribution in [2.75, 3.05) is 10.6 Å². The molecule has 0 saturated heterocycles. The van der Waals surface area contributed by atoms with Gasteiger partial charge in [0.1, 0.15) is 6.33 Å². The fraction of sp³-hybridized carbons (Fsp3) is 0.0769. The van der Waals surface area contributed by atoms with Crippen molar-refractivity contribution < 1.29 is 14.7 Å². The molecular formula is C13H13N5O3. The Kier molecular flexibility index (Phi) is 4.30. The number of hydrogen-bond acceptors (Lipinski definition) is 4. The molecule has 0 aliphatic rings. The van der Waals surface area contributed by atoms with E-state index in [0.29, 0.717) is 11.6 Å². The van der Waals surface area contributed by atoms with Gasteiger partial charge in [-0.3, -0.25) is 5.32 Å². The minimum absolute atomic E-state index is 0.327. The summed E-state index contributed by atoms with van der Waals surface area (Å²) < 4.78 is 1.43. The van der Waals surface area contributed by atoms with E-state index in [0.717, 1.165) is 11.6 Å². The summed E-state index contributed by atoms with van der Waals surface area (Å²) in [6.07, 6.45) is 3.84. The molecule has 2 aromatic rings. The lowest BCUT2D eigenvalue weighted by atomic mass is 10.2. The van der Waals surface area contributed by atoms with Gasteiger partial charge in [-0.05, 0) is 23.8 Å². The number of amides is 2. The molecule has 0 fully saturated rings. The molecule has 1 aromatic carbocycles. The van der Waals surface area contributed by atoms with Crippen molar-refractivity contribution in [1.82, 2.24) is 14.8 Å². The lowest BCUT2D eigenvalue weighted by Crippen LogP contribution is -2.21. The minimum atomic E-state index is -1.01. The third-order valence-corrected chi connectivity index (χ3v) is 2.52. The summed E-state index contributed by atoms with van der Waals surface area (Å²) in [6.45, 7) is 0. The molecule has 0 spiro atoms. The lowest BCUT2D eigenvalue weighted by molar-refractivity contribution is -0.131. The molecule has 2 amide bonds. The van der Waals surface area contributed by atoms with Crippen LogP contribution >= 0.6 is 0 Å². The summed E-state index contributed by atoms with van der Waals surface area (Å²) in [5.74, 6) is -0.686. The Morgan fingerprint density at radius 2 is 1.95 bits per heavy atom. The van der Waals surface area contributed by atoms with Gasteiger partial charge in [-0.25, -0.2) is 14.3 Å². The van der Waals surface area contributed by atoms with Gasteiger partial charge in [-0.2, -0.15) is 10.1 Å². The van der Waals surface area contributed by atoms with E-state index in [1.54, 1.807) is 31.3 Å². The van der Waals surface area contributed by atoms with E-state index in [-0.39, 0.29) is 0 Å². The second-order valence-electron chi connectivity index (χ2n) is 4.08. The smallest absolute Gasteiger partial charge is 0.328 e. The molecule has 0 unspecified atom stereocenters. The van der Waals surface area contributed by atoms with Crippen LogP contribution in [0.1, 0.15) is 5.56 Å². The first-order chi connectivity index (χ1) is 10.0. The molecule has 3 N–H and O–H groups in total. The SMILES string of the molecule is Cn1ncnc1NC(=O)Nc1ccc(/C=C/C(=O)O)cc1. The standard InChI is InChI=1S/C13H13N5O3/c1-18-12(14-8-15-18)17-13(21)16-10-5-2-9(3-6-10)4-7-11(19)20/h2-8H,1H3,(H,19,20)(H2,14,15,16,17,21)/b7-4+.